The lowest BCUT2D eigenvalue weighted by atomic mass is 10.2. The average molecular weight is 375 g/mol. The molecule has 0 radical (unpaired) electrons. The molecule has 1 heterocycles. The summed E-state index contributed by atoms with van der Waals surface area (Å²) in [5, 5.41) is 6.07. The zero-order chi connectivity index (χ0) is 19.9. The molecule has 1 aromatic heterocycles. The fraction of sp³-hybridized carbons (Fsp3) is 0.227. The van der Waals surface area contributed by atoms with Gasteiger partial charge in [-0.2, -0.15) is 0 Å². The van der Waals surface area contributed by atoms with E-state index >= 15 is 0 Å². The zero-order valence-corrected chi connectivity index (χ0v) is 16.4. The van der Waals surface area contributed by atoms with E-state index < -0.39 is 0 Å². The van der Waals surface area contributed by atoms with Crippen LogP contribution >= 0.6 is 0 Å². The Bertz CT molecular complexity index is 918. The van der Waals surface area contributed by atoms with Gasteiger partial charge in [0.05, 0.1) is 0 Å². The van der Waals surface area contributed by atoms with Crippen LogP contribution in [-0.2, 0) is 0 Å². The zero-order valence-electron chi connectivity index (χ0n) is 16.4. The van der Waals surface area contributed by atoms with Gasteiger partial charge in [0.1, 0.15) is 17.8 Å². The standard InChI is InChI=1S/C22H25N5O/c1-4-27(5-2)19-12-10-18(11-13-19)26-22(28)20-14-21(24-15-23-20)25-17-8-6-16(3)7-9-17/h6-15H,4-5H2,1-3H3,(H,26,28)(H,23,24,25). The molecule has 0 bridgehead atoms. The highest BCUT2D eigenvalue weighted by molar-refractivity contribution is 6.03. The second kappa shape index (κ2) is 8.99. The monoisotopic (exact) mass is 375 g/mol. The van der Waals surface area contributed by atoms with E-state index in [1.54, 1.807) is 6.07 Å². The summed E-state index contributed by atoms with van der Waals surface area (Å²) in [6.45, 7) is 8.16. The summed E-state index contributed by atoms with van der Waals surface area (Å²) in [5.74, 6) is 0.297. The lowest BCUT2D eigenvalue weighted by Crippen LogP contribution is -2.21. The summed E-state index contributed by atoms with van der Waals surface area (Å²) in [7, 11) is 0. The van der Waals surface area contributed by atoms with Gasteiger partial charge < -0.3 is 15.5 Å². The maximum absolute atomic E-state index is 12.6. The number of hydrogen-bond donors (Lipinski definition) is 2. The smallest absolute Gasteiger partial charge is 0.274 e. The van der Waals surface area contributed by atoms with Crippen LogP contribution in [0.4, 0.5) is 22.9 Å². The molecule has 0 aliphatic rings. The molecule has 0 saturated carbocycles. The number of nitrogens with zero attached hydrogens (tertiary/aromatic N) is 3. The number of rotatable bonds is 7. The third-order valence-electron chi connectivity index (χ3n) is 4.48. The number of anilines is 4. The van der Waals surface area contributed by atoms with Crippen molar-refractivity contribution in [3.8, 4) is 0 Å². The number of aromatic nitrogens is 2. The maximum Gasteiger partial charge on any atom is 0.274 e. The summed E-state index contributed by atoms with van der Waals surface area (Å²) < 4.78 is 0. The third-order valence-corrected chi connectivity index (χ3v) is 4.48. The minimum atomic E-state index is -0.273. The van der Waals surface area contributed by atoms with Crippen LogP contribution in [0, 0.1) is 6.92 Å². The number of carbonyl (C=O) groups excluding carboxylic acids is 1. The van der Waals surface area contributed by atoms with Gasteiger partial charge in [0, 0.05) is 36.2 Å². The summed E-state index contributed by atoms with van der Waals surface area (Å²) in [5.41, 5.74) is 4.25. The van der Waals surface area contributed by atoms with Gasteiger partial charge in [-0.1, -0.05) is 17.7 Å². The van der Waals surface area contributed by atoms with Crippen molar-refractivity contribution in [3.63, 3.8) is 0 Å². The molecule has 6 nitrogen and oxygen atoms in total. The molecule has 0 unspecified atom stereocenters. The van der Waals surface area contributed by atoms with E-state index in [-0.39, 0.29) is 5.91 Å². The summed E-state index contributed by atoms with van der Waals surface area (Å²) in [6, 6.07) is 17.4. The largest absolute Gasteiger partial charge is 0.372 e. The highest BCUT2D eigenvalue weighted by Crippen LogP contribution is 2.19. The molecular weight excluding hydrogens is 350 g/mol. The highest BCUT2D eigenvalue weighted by Gasteiger charge is 2.10. The number of nitrogens with one attached hydrogen (secondary N) is 2. The molecule has 0 saturated heterocycles. The van der Waals surface area contributed by atoms with Gasteiger partial charge in [0.2, 0.25) is 0 Å². The molecule has 144 valence electrons. The number of benzene rings is 2. The fourth-order valence-corrected chi connectivity index (χ4v) is 2.87. The Labute approximate surface area is 165 Å². The molecular formula is C22H25N5O. The molecule has 0 aliphatic heterocycles. The molecule has 0 atom stereocenters. The Kier molecular flexibility index (Phi) is 6.22. The molecule has 28 heavy (non-hydrogen) atoms. The quantitative estimate of drug-likeness (QED) is 0.630. The van der Waals surface area contributed by atoms with Gasteiger partial charge in [-0.15, -0.1) is 0 Å². The fourth-order valence-electron chi connectivity index (χ4n) is 2.87. The minimum absolute atomic E-state index is 0.273. The Morgan fingerprint density at radius 3 is 2.21 bits per heavy atom. The lowest BCUT2D eigenvalue weighted by molar-refractivity contribution is 0.102. The molecule has 3 aromatic rings. The number of aryl methyl sites for hydroxylation is 1. The van der Waals surface area contributed by atoms with Crippen molar-refractivity contribution in [1.29, 1.82) is 0 Å². The van der Waals surface area contributed by atoms with E-state index in [0.717, 1.165) is 30.2 Å². The van der Waals surface area contributed by atoms with Crippen LogP contribution in [0.5, 0.6) is 0 Å². The Balaban J connectivity index is 1.68. The average Bonchev–Trinajstić information content (AvgIpc) is 2.72. The number of hydrogen-bond acceptors (Lipinski definition) is 5. The first-order valence-electron chi connectivity index (χ1n) is 9.41. The van der Waals surface area contributed by atoms with E-state index in [9.17, 15) is 4.79 Å². The second-order valence-corrected chi connectivity index (χ2v) is 6.45. The first-order valence-corrected chi connectivity index (χ1v) is 9.41. The maximum atomic E-state index is 12.6. The molecule has 6 heteroatoms. The molecule has 0 fully saturated rings. The van der Waals surface area contributed by atoms with Crippen molar-refractivity contribution in [1.82, 2.24) is 9.97 Å². The van der Waals surface area contributed by atoms with Crippen molar-refractivity contribution in [2.45, 2.75) is 20.8 Å². The molecule has 0 spiro atoms. The molecule has 3 rings (SSSR count). The van der Waals surface area contributed by atoms with Gasteiger partial charge in [-0.3, -0.25) is 4.79 Å². The van der Waals surface area contributed by atoms with E-state index in [1.807, 2.05) is 55.5 Å². The number of amides is 1. The SMILES string of the molecule is CCN(CC)c1ccc(NC(=O)c2cc(Nc3ccc(C)cc3)ncn2)cc1. The van der Waals surface area contributed by atoms with Crippen LogP contribution in [0.2, 0.25) is 0 Å². The number of carbonyl (C=O) groups is 1. The molecule has 1 amide bonds. The van der Waals surface area contributed by atoms with E-state index in [4.69, 9.17) is 0 Å². The van der Waals surface area contributed by atoms with Crippen molar-refractivity contribution < 1.29 is 4.79 Å². The van der Waals surface area contributed by atoms with Crippen LogP contribution in [-0.4, -0.2) is 29.0 Å². The van der Waals surface area contributed by atoms with Crippen LogP contribution < -0.4 is 15.5 Å². The van der Waals surface area contributed by atoms with Crippen LogP contribution in [0.25, 0.3) is 0 Å². The van der Waals surface area contributed by atoms with Crippen molar-refractivity contribution in [3.05, 3.63) is 72.2 Å². The van der Waals surface area contributed by atoms with Crippen LogP contribution in [0.15, 0.2) is 60.9 Å². The van der Waals surface area contributed by atoms with E-state index in [1.165, 1.54) is 11.9 Å². The second-order valence-electron chi connectivity index (χ2n) is 6.45. The third kappa shape index (κ3) is 4.85. The van der Waals surface area contributed by atoms with Crippen molar-refractivity contribution >= 4 is 28.8 Å². The summed E-state index contributed by atoms with van der Waals surface area (Å²) >= 11 is 0. The predicted octanol–water partition coefficient (Wildman–Crippen LogP) is 4.63. The topological polar surface area (TPSA) is 70.2 Å². The van der Waals surface area contributed by atoms with Crippen LogP contribution in [0.3, 0.4) is 0 Å². The Morgan fingerprint density at radius 1 is 0.929 bits per heavy atom. The van der Waals surface area contributed by atoms with E-state index in [2.05, 4.69) is 39.3 Å². The van der Waals surface area contributed by atoms with Gasteiger partial charge in [0.25, 0.3) is 5.91 Å². The minimum Gasteiger partial charge on any atom is -0.372 e. The predicted molar refractivity (Wildman–Crippen MR) is 114 cm³/mol. The van der Waals surface area contributed by atoms with Crippen molar-refractivity contribution in [2.75, 3.05) is 28.6 Å². The van der Waals surface area contributed by atoms with E-state index in [0.29, 0.717) is 11.5 Å². The highest BCUT2D eigenvalue weighted by atomic mass is 16.1. The first-order chi connectivity index (χ1) is 13.6. The molecule has 2 aromatic carbocycles. The Morgan fingerprint density at radius 2 is 1.57 bits per heavy atom. The Hall–Kier alpha value is -3.41. The van der Waals surface area contributed by atoms with Crippen LogP contribution in [0.1, 0.15) is 29.9 Å². The summed E-state index contributed by atoms with van der Waals surface area (Å²) in [4.78, 5) is 23.1. The van der Waals surface area contributed by atoms with Crippen molar-refractivity contribution in [2.24, 2.45) is 0 Å². The molecule has 2 N–H and O–H groups in total. The van der Waals surface area contributed by atoms with Gasteiger partial charge >= 0.3 is 0 Å². The van der Waals surface area contributed by atoms with Gasteiger partial charge in [-0.25, -0.2) is 9.97 Å². The lowest BCUT2D eigenvalue weighted by Gasteiger charge is -2.21. The van der Waals surface area contributed by atoms with Gasteiger partial charge in [0.15, 0.2) is 0 Å². The molecule has 0 aliphatic carbocycles. The normalized spacial score (nSPS) is 10.4. The van der Waals surface area contributed by atoms with Gasteiger partial charge in [-0.05, 0) is 57.2 Å². The first kappa shape index (κ1) is 19.4. The summed E-state index contributed by atoms with van der Waals surface area (Å²) in [6.07, 6.45) is 1.38.